The highest BCUT2D eigenvalue weighted by Crippen LogP contribution is 2.49. The minimum Gasteiger partial charge on any atom is -0.480 e. The van der Waals surface area contributed by atoms with Gasteiger partial charge < -0.3 is 5.11 Å². The predicted molar refractivity (Wildman–Crippen MR) is 27.9 cm³/mol. The van der Waals surface area contributed by atoms with Crippen LogP contribution in [0.5, 0.6) is 0 Å². The van der Waals surface area contributed by atoms with Gasteiger partial charge in [-0.15, -0.1) is 0 Å². The fourth-order valence-electron chi connectivity index (χ4n) is 0.403. The molecule has 0 saturated carbocycles. The van der Waals surface area contributed by atoms with Crippen LogP contribution in [0.25, 0.3) is 0 Å². The van der Waals surface area contributed by atoms with Gasteiger partial charge in [-0.3, -0.25) is 4.79 Å². The van der Waals surface area contributed by atoms with E-state index in [1.54, 1.807) is 0 Å². The van der Waals surface area contributed by atoms with E-state index < -0.39 is 30.7 Å². The number of hydrogen-bond acceptors (Lipinski definition) is 1. The average Bonchev–Trinajstić information content (AvgIpc) is 1.80. The van der Waals surface area contributed by atoms with Crippen LogP contribution >= 0.6 is 0 Å². The van der Waals surface area contributed by atoms with Crippen molar-refractivity contribution >= 4 is 5.97 Å². The fourth-order valence-corrected chi connectivity index (χ4v) is 0.403. The lowest BCUT2D eigenvalue weighted by atomic mass is 9.89. The van der Waals surface area contributed by atoms with Crippen LogP contribution in [-0.2, 0) is 4.79 Å². The molecule has 0 aromatic rings. The van der Waals surface area contributed by atoms with Gasteiger partial charge in [-0.2, -0.15) is 26.3 Å². The van der Waals surface area contributed by atoms with E-state index in [0.29, 0.717) is 0 Å². The van der Waals surface area contributed by atoms with Crippen LogP contribution in [0.2, 0.25) is 0 Å². The Morgan fingerprint density at radius 3 is 1.23 bits per heavy atom. The van der Waals surface area contributed by atoms with E-state index in [-0.39, 0.29) is 0 Å². The third kappa shape index (κ3) is 1.70. The van der Waals surface area contributed by atoms with E-state index >= 15 is 0 Å². The summed E-state index contributed by atoms with van der Waals surface area (Å²) in [7, 11) is 0. The highest BCUT2D eigenvalue weighted by atomic mass is 19.4. The molecule has 0 bridgehead atoms. The van der Waals surface area contributed by atoms with Crippen molar-refractivity contribution in [3.05, 3.63) is 0 Å². The third-order valence-electron chi connectivity index (χ3n) is 1.56. The van der Waals surface area contributed by atoms with Crippen LogP contribution in [0, 0.1) is 5.41 Å². The molecule has 0 atom stereocenters. The molecular weight excluding hydrogens is 206 g/mol. The number of carbonyl (C=O) groups is 1. The zero-order chi connectivity index (χ0) is 11.1. The van der Waals surface area contributed by atoms with E-state index in [0.717, 1.165) is 0 Å². The first kappa shape index (κ1) is 12.0. The molecule has 0 rings (SSSR count). The normalized spacial score (nSPS) is 14.4. The SMILES string of the molecule is CC(C(=O)O)(C(F)(F)F)C(F)(F)F. The van der Waals surface area contributed by atoms with Gasteiger partial charge >= 0.3 is 18.3 Å². The molecule has 13 heavy (non-hydrogen) atoms. The molecule has 8 heteroatoms. The number of aliphatic carboxylic acids is 1. The maximum absolute atomic E-state index is 11.8. The second-order valence-electron chi connectivity index (χ2n) is 2.43. The van der Waals surface area contributed by atoms with Crippen LogP contribution in [-0.4, -0.2) is 23.4 Å². The number of hydrogen-bond donors (Lipinski definition) is 1. The molecule has 78 valence electrons. The van der Waals surface area contributed by atoms with Crippen molar-refractivity contribution in [3.8, 4) is 0 Å². The minimum absolute atomic E-state index is 0.421. The first-order chi connectivity index (χ1) is 5.44. The van der Waals surface area contributed by atoms with Crippen molar-refractivity contribution in [1.29, 1.82) is 0 Å². The zero-order valence-corrected chi connectivity index (χ0v) is 6.12. The Bertz CT molecular complexity index is 200. The van der Waals surface area contributed by atoms with Gasteiger partial charge in [-0.05, 0) is 6.92 Å². The fraction of sp³-hybridized carbons (Fsp3) is 0.800. The van der Waals surface area contributed by atoms with E-state index in [1.807, 2.05) is 0 Å². The van der Waals surface area contributed by atoms with Crippen LogP contribution in [0.1, 0.15) is 6.92 Å². The Labute approximate surface area is 68.1 Å². The molecule has 0 heterocycles. The highest BCUT2D eigenvalue weighted by Gasteiger charge is 2.72. The Hall–Kier alpha value is -0.950. The topological polar surface area (TPSA) is 37.3 Å². The predicted octanol–water partition coefficient (Wildman–Crippen LogP) is 2.20. The van der Waals surface area contributed by atoms with Crippen molar-refractivity contribution in [2.45, 2.75) is 19.3 Å². The number of carboxylic acids is 1. The molecule has 0 aliphatic carbocycles. The smallest absolute Gasteiger partial charge is 0.413 e. The number of carboxylic acid groups (broad SMARTS) is 1. The summed E-state index contributed by atoms with van der Waals surface area (Å²) in [4.78, 5) is 9.87. The molecule has 0 radical (unpaired) electrons. The summed E-state index contributed by atoms with van der Waals surface area (Å²) < 4.78 is 70.5. The molecule has 0 aliphatic rings. The Morgan fingerprint density at radius 1 is 1.00 bits per heavy atom. The number of halogens is 6. The highest BCUT2D eigenvalue weighted by molar-refractivity contribution is 5.76. The van der Waals surface area contributed by atoms with Crippen LogP contribution < -0.4 is 0 Å². The Balaban J connectivity index is 5.35. The van der Waals surface area contributed by atoms with Crippen LogP contribution in [0.4, 0.5) is 26.3 Å². The van der Waals surface area contributed by atoms with Crippen LogP contribution in [0.3, 0.4) is 0 Å². The minimum atomic E-state index is -5.86. The van der Waals surface area contributed by atoms with Gasteiger partial charge in [0.1, 0.15) is 0 Å². The summed E-state index contributed by atoms with van der Waals surface area (Å²) in [5.74, 6) is -2.97. The average molecular weight is 210 g/mol. The molecule has 0 unspecified atom stereocenters. The monoisotopic (exact) mass is 210 g/mol. The maximum Gasteiger partial charge on any atom is 0.413 e. The van der Waals surface area contributed by atoms with Crippen LogP contribution in [0.15, 0.2) is 0 Å². The number of alkyl halides is 6. The summed E-state index contributed by atoms with van der Waals surface area (Å²) in [6.07, 6.45) is -11.7. The second-order valence-corrected chi connectivity index (χ2v) is 2.43. The Morgan fingerprint density at radius 2 is 1.23 bits per heavy atom. The summed E-state index contributed by atoms with van der Waals surface area (Å²) in [6, 6.07) is 0. The van der Waals surface area contributed by atoms with E-state index in [4.69, 9.17) is 5.11 Å². The first-order valence-electron chi connectivity index (χ1n) is 2.81. The van der Waals surface area contributed by atoms with Gasteiger partial charge in [0.05, 0.1) is 0 Å². The van der Waals surface area contributed by atoms with Gasteiger partial charge in [-0.25, -0.2) is 0 Å². The summed E-state index contributed by atoms with van der Waals surface area (Å²) in [5, 5.41) is 7.86. The Kier molecular flexibility index (Phi) is 2.57. The molecule has 1 N–H and O–H groups in total. The van der Waals surface area contributed by atoms with Gasteiger partial charge in [0.15, 0.2) is 0 Å². The maximum atomic E-state index is 11.8. The van der Waals surface area contributed by atoms with E-state index in [1.165, 1.54) is 0 Å². The lowest BCUT2D eigenvalue weighted by Crippen LogP contribution is -2.53. The largest absolute Gasteiger partial charge is 0.480 e. The number of rotatable bonds is 1. The van der Waals surface area contributed by atoms with E-state index in [9.17, 15) is 31.1 Å². The summed E-state index contributed by atoms with van der Waals surface area (Å²) in [6.45, 7) is -0.421. The van der Waals surface area contributed by atoms with Gasteiger partial charge in [0.2, 0.25) is 0 Å². The molecule has 0 amide bonds. The first-order valence-corrected chi connectivity index (χ1v) is 2.81. The molecule has 0 aromatic heterocycles. The second kappa shape index (κ2) is 2.78. The van der Waals surface area contributed by atoms with Gasteiger partial charge in [-0.1, -0.05) is 0 Å². The molecule has 0 saturated heterocycles. The van der Waals surface area contributed by atoms with Crippen molar-refractivity contribution in [3.63, 3.8) is 0 Å². The molecule has 0 aromatic carbocycles. The standard InChI is InChI=1S/C5H4F6O2/c1-3(2(12)13,4(6,7)8)5(9,10)11/h1H3,(H,12,13). The molecule has 0 fully saturated rings. The lowest BCUT2D eigenvalue weighted by Gasteiger charge is -2.29. The lowest BCUT2D eigenvalue weighted by molar-refractivity contribution is -0.324. The van der Waals surface area contributed by atoms with Crippen molar-refractivity contribution in [1.82, 2.24) is 0 Å². The van der Waals surface area contributed by atoms with Gasteiger partial charge in [0.25, 0.3) is 5.41 Å². The van der Waals surface area contributed by atoms with Crippen molar-refractivity contribution in [2.24, 2.45) is 5.41 Å². The summed E-state index contributed by atoms with van der Waals surface area (Å²) in [5.41, 5.74) is -4.71. The van der Waals surface area contributed by atoms with Gasteiger partial charge in [0, 0.05) is 0 Å². The zero-order valence-electron chi connectivity index (χ0n) is 6.12. The quantitative estimate of drug-likeness (QED) is 0.673. The van der Waals surface area contributed by atoms with Crippen molar-refractivity contribution < 1.29 is 36.2 Å². The van der Waals surface area contributed by atoms with Crippen molar-refractivity contribution in [2.75, 3.05) is 0 Å². The third-order valence-corrected chi connectivity index (χ3v) is 1.56. The molecule has 0 aliphatic heterocycles. The molecule has 0 spiro atoms. The molecule has 2 nitrogen and oxygen atoms in total. The summed E-state index contributed by atoms with van der Waals surface area (Å²) >= 11 is 0. The molecular formula is C5H4F6O2. The van der Waals surface area contributed by atoms with E-state index in [2.05, 4.69) is 0 Å².